The van der Waals surface area contributed by atoms with E-state index < -0.39 is 23.7 Å². The van der Waals surface area contributed by atoms with Crippen molar-refractivity contribution in [3.8, 4) is 0 Å². The molecule has 2 amide bonds. The van der Waals surface area contributed by atoms with E-state index in [0.29, 0.717) is 25.6 Å². The predicted octanol–water partition coefficient (Wildman–Crippen LogP) is 2.56. The van der Waals surface area contributed by atoms with E-state index in [1.165, 1.54) is 18.2 Å². The first-order valence-electron chi connectivity index (χ1n) is 9.12. The SMILES string of the molecule is CC(C)CCN1CCNC(=O)C1CC(=O)NCc1ccccc1C(F)(F)F. The number of piperazine rings is 1. The fourth-order valence-electron chi connectivity index (χ4n) is 3.07. The van der Waals surface area contributed by atoms with Crippen molar-refractivity contribution in [2.45, 2.75) is 45.5 Å². The van der Waals surface area contributed by atoms with Crippen LogP contribution in [-0.2, 0) is 22.3 Å². The molecule has 0 bridgehead atoms. The third kappa shape index (κ3) is 6.23. The number of nitrogens with one attached hydrogen (secondary N) is 2. The minimum Gasteiger partial charge on any atom is -0.353 e. The van der Waals surface area contributed by atoms with E-state index in [1.807, 2.05) is 4.90 Å². The van der Waals surface area contributed by atoms with Gasteiger partial charge in [0, 0.05) is 19.6 Å². The first kappa shape index (κ1) is 21.2. The van der Waals surface area contributed by atoms with Crippen molar-refractivity contribution in [3.05, 3.63) is 35.4 Å². The van der Waals surface area contributed by atoms with Crippen molar-refractivity contribution in [2.24, 2.45) is 5.92 Å². The molecule has 0 saturated carbocycles. The van der Waals surface area contributed by atoms with E-state index in [2.05, 4.69) is 24.5 Å². The van der Waals surface area contributed by atoms with Crippen LogP contribution < -0.4 is 10.6 Å². The molecule has 0 spiro atoms. The van der Waals surface area contributed by atoms with Gasteiger partial charge in [-0.25, -0.2) is 0 Å². The van der Waals surface area contributed by atoms with Crippen LogP contribution in [0.2, 0.25) is 0 Å². The highest BCUT2D eigenvalue weighted by Gasteiger charge is 2.34. The Kier molecular flexibility index (Phi) is 7.24. The minimum absolute atomic E-state index is 0.00288. The summed E-state index contributed by atoms with van der Waals surface area (Å²) in [4.78, 5) is 26.4. The molecular weight excluding hydrogens is 359 g/mol. The van der Waals surface area contributed by atoms with Crippen LogP contribution in [0.4, 0.5) is 13.2 Å². The third-order valence-electron chi connectivity index (χ3n) is 4.61. The van der Waals surface area contributed by atoms with Crippen LogP contribution in [0.3, 0.4) is 0 Å². The molecule has 0 aromatic heterocycles. The van der Waals surface area contributed by atoms with Crippen molar-refractivity contribution in [1.82, 2.24) is 15.5 Å². The van der Waals surface area contributed by atoms with Gasteiger partial charge in [-0.2, -0.15) is 13.2 Å². The van der Waals surface area contributed by atoms with Crippen molar-refractivity contribution in [2.75, 3.05) is 19.6 Å². The molecule has 1 atom stereocenters. The second kappa shape index (κ2) is 9.21. The first-order chi connectivity index (χ1) is 12.7. The number of halogens is 3. The van der Waals surface area contributed by atoms with E-state index in [9.17, 15) is 22.8 Å². The molecule has 0 aliphatic carbocycles. The second-order valence-corrected chi connectivity index (χ2v) is 7.16. The maximum atomic E-state index is 13.0. The quantitative estimate of drug-likeness (QED) is 0.758. The van der Waals surface area contributed by atoms with Gasteiger partial charge < -0.3 is 10.6 Å². The maximum absolute atomic E-state index is 13.0. The second-order valence-electron chi connectivity index (χ2n) is 7.16. The number of nitrogens with zero attached hydrogens (tertiary/aromatic N) is 1. The van der Waals surface area contributed by atoms with Gasteiger partial charge in [0.25, 0.3) is 0 Å². The van der Waals surface area contributed by atoms with Crippen LogP contribution in [0.25, 0.3) is 0 Å². The molecule has 0 radical (unpaired) electrons. The number of amides is 2. The Balaban J connectivity index is 1.97. The zero-order valence-electron chi connectivity index (χ0n) is 15.6. The zero-order valence-corrected chi connectivity index (χ0v) is 15.6. The zero-order chi connectivity index (χ0) is 20.0. The van der Waals surface area contributed by atoms with Crippen LogP contribution in [0, 0.1) is 5.92 Å². The van der Waals surface area contributed by atoms with Crippen LogP contribution in [0.15, 0.2) is 24.3 Å². The molecule has 1 unspecified atom stereocenters. The average Bonchev–Trinajstić information content (AvgIpc) is 2.60. The number of carbonyl (C=O) groups excluding carboxylic acids is 2. The summed E-state index contributed by atoms with van der Waals surface area (Å²) in [6.45, 7) is 5.85. The molecule has 27 heavy (non-hydrogen) atoms. The van der Waals surface area contributed by atoms with Gasteiger partial charge in [0.15, 0.2) is 0 Å². The predicted molar refractivity (Wildman–Crippen MR) is 95.7 cm³/mol. The Morgan fingerprint density at radius 3 is 2.70 bits per heavy atom. The summed E-state index contributed by atoms with van der Waals surface area (Å²) in [5.41, 5.74) is -0.762. The van der Waals surface area contributed by atoms with Crippen molar-refractivity contribution < 1.29 is 22.8 Å². The number of alkyl halides is 3. The molecule has 8 heteroatoms. The minimum atomic E-state index is -4.47. The van der Waals surface area contributed by atoms with Gasteiger partial charge >= 0.3 is 6.18 Å². The topological polar surface area (TPSA) is 61.4 Å². The van der Waals surface area contributed by atoms with Gasteiger partial charge in [-0.1, -0.05) is 32.0 Å². The summed E-state index contributed by atoms with van der Waals surface area (Å²) in [7, 11) is 0. The molecule has 1 fully saturated rings. The Bertz CT molecular complexity index is 662. The number of rotatable bonds is 7. The largest absolute Gasteiger partial charge is 0.416 e. The lowest BCUT2D eigenvalue weighted by Gasteiger charge is -2.35. The summed E-state index contributed by atoms with van der Waals surface area (Å²) in [6.07, 6.45) is -3.64. The molecule has 1 aromatic rings. The van der Waals surface area contributed by atoms with Gasteiger partial charge in [-0.15, -0.1) is 0 Å². The molecule has 1 aromatic carbocycles. The lowest BCUT2D eigenvalue weighted by Crippen LogP contribution is -2.56. The summed E-state index contributed by atoms with van der Waals surface area (Å²) in [5, 5.41) is 5.27. The number of hydrogen-bond acceptors (Lipinski definition) is 3. The van der Waals surface area contributed by atoms with E-state index in [-0.39, 0.29) is 24.4 Å². The van der Waals surface area contributed by atoms with E-state index in [0.717, 1.165) is 12.5 Å². The fraction of sp³-hybridized carbons (Fsp3) is 0.579. The summed E-state index contributed by atoms with van der Waals surface area (Å²) in [5.74, 6) is -0.178. The summed E-state index contributed by atoms with van der Waals surface area (Å²) in [6, 6.07) is 4.55. The third-order valence-corrected chi connectivity index (χ3v) is 4.61. The van der Waals surface area contributed by atoms with E-state index in [4.69, 9.17) is 0 Å². The summed E-state index contributed by atoms with van der Waals surface area (Å²) < 4.78 is 39.1. The van der Waals surface area contributed by atoms with Gasteiger partial charge in [0.1, 0.15) is 0 Å². The molecule has 1 saturated heterocycles. The highest BCUT2D eigenvalue weighted by Crippen LogP contribution is 2.31. The van der Waals surface area contributed by atoms with Crippen LogP contribution in [0.1, 0.15) is 37.8 Å². The van der Waals surface area contributed by atoms with Gasteiger partial charge in [0.05, 0.1) is 18.0 Å². The van der Waals surface area contributed by atoms with Crippen LogP contribution in [-0.4, -0.2) is 42.4 Å². The molecule has 2 N–H and O–H groups in total. The molecule has 1 aliphatic rings. The van der Waals surface area contributed by atoms with Gasteiger partial charge in [-0.3, -0.25) is 14.5 Å². The highest BCUT2D eigenvalue weighted by atomic mass is 19.4. The fourth-order valence-corrected chi connectivity index (χ4v) is 3.07. The van der Waals surface area contributed by atoms with Crippen molar-refractivity contribution >= 4 is 11.8 Å². The average molecular weight is 385 g/mol. The first-order valence-corrected chi connectivity index (χ1v) is 9.12. The van der Waals surface area contributed by atoms with Crippen molar-refractivity contribution in [3.63, 3.8) is 0 Å². The molecular formula is C19H26F3N3O2. The van der Waals surface area contributed by atoms with Crippen LogP contribution in [0.5, 0.6) is 0 Å². The Labute approximate surface area is 157 Å². The van der Waals surface area contributed by atoms with Gasteiger partial charge in [-0.05, 0) is 30.5 Å². The van der Waals surface area contributed by atoms with Crippen molar-refractivity contribution in [1.29, 1.82) is 0 Å². The Morgan fingerprint density at radius 2 is 2.04 bits per heavy atom. The molecule has 150 valence electrons. The molecule has 1 heterocycles. The Morgan fingerprint density at radius 1 is 1.33 bits per heavy atom. The number of hydrogen-bond donors (Lipinski definition) is 2. The standard InChI is InChI=1S/C19H26F3N3O2/c1-13(2)7-9-25-10-8-23-18(27)16(25)11-17(26)24-12-14-5-3-4-6-15(14)19(20,21)22/h3-6,13,16H,7-12H2,1-2H3,(H,23,27)(H,24,26). The number of carbonyl (C=O) groups is 2. The molecule has 1 aliphatic heterocycles. The number of benzene rings is 1. The van der Waals surface area contributed by atoms with Crippen LogP contribution >= 0.6 is 0 Å². The Hall–Kier alpha value is -2.09. The lowest BCUT2D eigenvalue weighted by atomic mass is 10.0. The molecule has 2 rings (SSSR count). The lowest BCUT2D eigenvalue weighted by molar-refractivity contribution is -0.138. The van der Waals surface area contributed by atoms with E-state index in [1.54, 1.807) is 0 Å². The van der Waals surface area contributed by atoms with Gasteiger partial charge in [0.2, 0.25) is 11.8 Å². The normalized spacial score (nSPS) is 18.4. The summed E-state index contributed by atoms with van der Waals surface area (Å²) >= 11 is 0. The smallest absolute Gasteiger partial charge is 0.353 e. The highest BCUT2D eigenvalue weighted by molar-refractivity contribution is 5.88. The van der Waals surface area contributed by atoms with E-state index >= 15 is 0 Å². The monoisotopic (exact) mass is 385 g/mol. The molecule has 5 nitrogen and oxygen atoms in total. The maximum Gasteiger partial charge on any atom is 0.416 e.